The molecule has 0 aliphatic carbocycles. The summed E-state index contributed by atoms with van der Waals surface area (Å²) in [6, 6.07) is -9.92. The van der Waals surface area contributed by atoms with E-state index in [1.807, 2.05) is 0 Å². The number of halogens is 6. The van der Waals surface area contributed by atoms with E-state index in [1.54, 1.807) is 0 Å². The quantitative estimate of drug-likeness (QED) is 0.578. The Morgan fingerprint density at radius 1 is 0.571 bits per heavy atom. The van der Waals surface area contributed by atoms with Crippen LogP contribution in [0.25, 0.3) is 0 Å². The van der Waals surface area contributed by atoms with Crippen LogP contribution in [0.1, 0.15) is 0 Å². The van der Waals surface area contributed by atoms with E-state index in [4.69, 9.17) is 9.47 Å². The van der Waals surface area contributed by atoms with Crippen molar-refractivity contribution in [1.29, 1.82) is 0 Å². The normalized spacial score (nSPS) is 24.3. The summed E-state index contributed by atoms with van der Waals surface area (Å²) in [5, 5.41) is 0. The molecule has 124 valence electrons. The summed E-state index contributed by atoms with van der Waals surface area (Å²) in [5.74, 6) is -5.52. The molecule has 0 saturated carbocycles. The van der Waals surface area contributed by atoms with Gasteiger partial charge in [0.1, 0.15) is 0 Å². The van der Waals surface area contributed by atoms with Crippen molar-refractivity contribution in [2.24, 2.45) is 0 Å². The minimum Gasteiger partial charge on any atom is -0.379 e. The van der Waals surface area contributed by atoms with Crippen LogP contribution in [-0.2, 0) is 9.47 Å². The van der Waals surface area contributed by atoms with E-state index in [2.05, 4.69) is 0 Å². The van der Waals surface area contributed by atoms with Crippen molar-refractivity contribution in [3.05, 3.63) is 0 Å². The van der Waals surface area contributed by atoms with E-state index in [1.165, 1.54) is 0 Å². The molecule has 2 fully saturated rings. The van der Waals surface area contributed by atoms with Crippen molar-refractivity contribution in [2.75, 3.05) is 52.6 Å². The Balaban J connectivity index is 2.20. The molecule has 0 bridgehead atoms. The highest BCUT2D eigenvalue weighted by molar-refractivity contribution is 4.97. The van der Waals surface area contributed by atoms with Gasteiger partial charge >= 0.3 is 18.0 Å². The summed E-state index contributed by atoms with van der Waals surface area (Å²) in [7, 11) is 0. The first-order valence-corrected chi connectivity index (χ1v) is 6.50. The number of nitrogens with zero attached hydrogens (tertiary/aromatic N) is 2. The predicted octanol–water partition coefficient (Wildman–Crippen LogP) is 1.47. The fourth-order valence-electron chi connectivity index (χ4n) is 2.27. The van der Waals surface area contributed by atoms with Gasteiger partial charge in [-0.25, -0.2) is 9.80 Å². The molecule has 2 heterocycles. The second kappa shape index (κ2) is 5.90. The number of rotatable bonds is 4. The molecule has 21 heavy (non-hydrogen) atoms. The Hall–Kier alpha value is -0.580. The summed E-state index contributed by atoms with van der Waals surface area (Å²) in [5.41, 5.74) is 0. The predicted molar refractivity (Wildman–Crippen MR) is 59.6 cm³/mol. The fraction of sp³-hybridized carbons (Fsp3) is 1.00. The smallest absolute Gasteiger partial charge is 0.379 e. The van der Waals surface area contributed by atoms with Gasteiger partial charge < -0.3 is 9.47 Å². The van der Waals surface area contributed by atoms with Crippen molar-refractivity contribution in [2.45, 2.75) is 18.0 Å². The molecular weight excluding hydrogens is 306 g/mol. The highest BCUT2D eigenvalue weighted by atomic mass is 19.3. The maximum atomic E-state index is 13.9. The zero-order chi connectivity index (χ0) is 15.7. The van der Waals surface area contributed by atoms with Gasteiger partial charge in [0.2, 0.25) is 0 Å². The Labute approximate surface area is 117 Å². The molecule has 2 saturated heterocycles. The van der Waals surface area contributed by atoms with Crippen LogP contribution in [0.3, 0.4) is 0 Å². The average molecular weight is 322 g/mol. The zero-order valence-corrected chi connectivity index (χ0v) is 11.1. The average Bonchev–Trinajstić information content (AvgIpc) is 2.48. The van der Waals surface area contributed by atoms with E-state index in [9.17, 15) is 26.3 Å². The molecule has 0 aromatic heterocycles. The molecule has 10 heteroatoms. The molecule has 4 nitrogen and oxygen atoms in total. The third kappa shape index (κ3) is 2.86. The Bertz CT molecular complexity index is 325. The van der Waals surface area contributed by atoms with Crippen LogP contribution in [0, 0.1) is 0 Å². The van der Waals surface area contributed by atoms with Crippen LogP contribution in [0.15, 0.2) is 0 Å². The molecule has 2 rings (SSSR count). The van der Waals surface area contributed by atoms with Crippen LogP contribution in [-0.4, -0.2) is 80.4 Å². The largest absolute Gasteiger partial charge is 0.400 e. The molecule has 2 aliphatic heterocycles. The van der Waals surface area contributed by atoms with Gasteiger partial charge in [0, 0.05) is 26.2 Å². The molecule has 0 N–H and O–H groups in total. The lowest BCUT2D eigenvalue weighted by molar-refractivity contribution is -0.394. The first kappa shape index (κ1) is 16.8. The standard InChI is InChI=1S/C11H16F6N2O2/c12-9(13,10(14,15)18-1-5-20-6-2-18)11(16,17)19-3-7-21-8-4-19/h1-8H2. The van der Waals surface area contributed by atoms with Crippen LogP contribution in [0.2, 0.25) is 0 Å². The molecule has 0 radical (unpaired) electrons. The van der Waals surface area contributed by atoms with E-state index < -0.39 is 44.2 Å². The molecule has 0 amide bonds. The highest BCUT2D eigenvalue weighted by Gasteiger charge is 2.75. The first-order chi connectivity index (χ1) is 9.71. The summed E-state index contributed by atoms with van der Waals surface area (Å²) in [6.07, 6.45) is 0. The lowest BCUT2D eigenvalue weighted by Crippen LogP contribution is -2.69. The van der Waals surface area contributed by atoms with Gasteiger partial charge in [0.25, 0.3) is 0 Å². The fourth-order valence-corrected chi connectivity index (χ4v) is 2.27. The topological polar surface area (TPSA) is 24.9 Å². The maximum absolute atomic E-state index is 13.9. The summed E-state index contributed by atoms with van der Waals surface area (Å²) in [6.45, 7) is -2.90. The van der Waals surface area contributed by atoms with E-state index >= 15 is 0 Å². The van der Waals surface area contributed by atoms with E-state index in [0.29, 0.717) is 0 Å². The van der Waals surface area contributed by atoms with Gasteiger partial charge in [0.05, 0.1) is 26.4 Å². The third-order valence-electron chi connectivity index (χ3n) is 3.57. The van der Waals surface area contributed by atoms with Crippen LogP contribution in [0.5, 0.6) is 0 Å². The van der Waals surface area contributed by atoms with Gasteiger partial charge in [0.15, 0.2) is 0 Å². The van der Waals surface area contributed by atoms with Gasteiger partial charge in [-0.05, 0) is 0 Å². The molecular formula is C11H16F6N2O2. The van der Waals surface area contributed by atoms with Gasteiger partial charge in [-0.1, -0.05) is 0 Å². The highest BCUT2D eigenvalue weighted by Crippen LogP contribution is 2.49. The zero-order valence-electron chi connectivity index (χ0n) is 11.1. The Morgan fingerprint density at radius 2 is 0.857 bits per heavy atom. The maximum Gasteiger partial charge on any atom is 0.400 e. The molecule has 2 aliphatic rings. The van der Waals surface area contributed by atoms with Crippen LogP contribution < -0.4 is 0 Å². The van der Waals surface area contributed by atoms with Crippen molar-refractivity contribution in [1.82, 2.24) is 9.80 Å². The van der Waals surface area contributed by atoms with Crippen LogP contribution >= 0.6 is 0 Å². The van der Waals surface area contributed by atoms with Crippen molar-refractivity contribution in [3.63, 3.8) is 0 Å². The molecule has 0 spiro atoms. The lowest BCUT2D eigenvalue weighted by Gasteiger charge is -2.44. The molecule has 0 atom stereocenters. The monoisotopic (exact) mass is 322 g/mol. The number of morpholine rings is 2. The minimum absolute atomic E-state index is 0.0465. The van der Waals surface area contributed by atoms with Crippen molar-refractivity contribution < 1.29 is 35.8 Å². The molecule has 0 aromatic rings. The molecule has 0 unspecified atom stereocenters. The number of ether oxygens (including phenoxy) is 2. The first-order valence-electron chi connectivity index (χ1n) is 6.50. The second-order valence-electron chi connectivity index (χ2n) is 4.86. The van der Waals surface area contributed by atoms with Crippen molar-refractivity contribution in [3.8, 4) is 0 Å². The Morgan fingerprint density at radius 3 is 1.14 bits per heavy atom. The Kier molecular flexibility index (Phi) is 4.72. The van der Waals surface area contributed by atoms with Crippen LogP contribution in [0.4, 0.5) is 26.3 Å². The van der Waals surface area contributed by atoms with Gasteiger partial charge in [-0.2, -0.15) is 26.3 Å². The summed E-state index contributed by atoms with van der Waals surface area (Å²) >= 11 is 0. The summed E-state index contributed by atoms with van der Waals surface area (Å²) in [4.78, 5) is 0.0930. The van der Waals surface area contributed by atoms with Crippen molar-refractivity contribution >= 4 is 0 Å². The van der Waals surface area contributed by atoms with Gasteiger partial charge in [-0.3, -0.25) is 0 Å². The minimum atomic E-state index is -5.52. The molecule has 0 aromatic carbocycles. The third-order valence-corrected chi connectivity index (χ3v) is 3.57. The number of hydrogen-bond donors (Lipinski definition) is 0. The number of alkyl halides is 6. The van der Waals surface area contributed by atoms with E-state index in [-0.39, 0.29) is 36.2 Å². The SMILES string of the molecule is FC(F)(N1CCOCC1)C(F)(F)C(F)(F)N1CCOCC1. The lowest BCUT2D eigenvalue weighted by atomic mass is 10.1. The van der Waals surface area contributed by atoms with Gasteiger partial charge in [-0.15, -0.1) is 0 Å². The number of hydrogen-bond acceptors (Lipinski definition) is 4. The van der Waals surface area contributed by atoms with E-state index in [0.717, 1.165) is 0 Å². The second-order valence-corrected chi connectivity index (χ2v) is 4.86. The summed E-state index contributed by atoms with van der Waals surface area (Å²) < 4.78 is 93.0.